The normalized spacial score (nSPS) is 20.8. The van der Waals surface area contributed by atoms with E-state index < -0.39 is 21.3 Å². The molecule has 1 atom stereocenters. The number of nitrogens with one attached hydrogen (secondary N) is 1. The maximum Gasteiger partial charge on any atom is 0.246 e. The van der Waals surface area contributed by atoms with Crippen LogP contribution in [0.1, 0.15) is 32.3 Å². The number of hydrogen-bond acceptors (Lipinski definition) is 4. The zero-order valence-corrected chi connectivity index (χ0v) is 15.4. The van der Waals surface area contributed by atoms with E-state index in [1.165, 1.54) is 6.08 Å². The van der Waals surface area contributed by atoms with Gasteiger partial charge in [-0.1, -0.05) is 37.3 Å². The lowest BCUT2D eigenvalue weighted by atomic mass is 9.89. The van der Waals surface area contributed by atoms with Crippen molar-refractivity contribution in [3.05, 3.63) is 42.0 Å². The van der Waals surface area contributed by atoms with Crippen LogP contribution in [0.4, 0.5) is 0 Å². The number of hydrogen-bond donors (Lipinski definition) is 1. The fourth-order valence-electron chi connectivity index (χ4n) is 2.76. The highest BCUT2D eigenvalue weighted by Gasteiger charge is 2.42. The summed E-state index contributed by atoms with van der Waals surface area (Å²) < 4.78 is 25.7. The Balaban J connectivity index is 1.98. The third kappa shape index (κ3) is 5.16. The number of amides is 2. The molecule has 0 bridgehead atoms. The van der Waals surface area contributed by atoms with Crippen LogP contribution in [0.5, 0.6) is 0 Å². The topological polar surface area (TPSA) is 83.6 Å². The van der Waals surface area contributed by atoms with Gasteiger partial charge in [0.15, 0.2) is 0 Å². The van der Waals surface area contributed by atoms with E-state index in [0.717, 1.165) is 5.56 Å². The summed E-state index contributed by atoms with van der Waals surface area (Å²) in [7, 11) is -3.61. The van der Waals surface area contributed by atoms with Crippen molar-refractivity contribution in [3.8, 4) is 0 Å². The molecule has 25 heavy (non-hydrogen) atoms. The molecule has 1 heterocycles. The first kappa shape index (κ1) is 19.2. The molecule has 6 nitrogen and oxygen atoms in total. The van der Waals surface area contributed by atoms with Gasteiger partial charge in [-0.15, -0.1) is 0 Å². The van der Waals surface area contributed by atoms with Crippen LogP contribution in [0.15, 0.2) is 36.4 Å². The molecule has 0 aromatic heterocycles. The van der Waals surface area contributed by atoms with Crippen LogP contribution < -0.4 is 4.72 Å². The largest absolute Gasteiger partial charge is 0.338 e. The number of sulfonamides is 1. The van der Waals surface area contributed by atoms with E-state index in [2.05, 4.69) is 4.72 Å². The van der Waals surface area contributed by atoms with Gasteiger partial charge in [0.1, 0.15) is 0 Å². The summed E-state index contributed by atoms with van der Waals surface area (Å²) in [6, 6.07) is 9.46. The second kappa shape index (κ2) is 7.82. The summed E-state index contributed by atoms with van der Waals surface area (Å²) in [5, 5.41) is 0. The number of benzene rings is 1. The van der Waals surface area contributed by atoms with Crippen LogP contribution >= 0.6 is 0 Å². The average molecular weight is 364 g/mol. The Bertz CT molecular complexity index is 759. The van der Waals surface area contributed by atoms with Crippen molar-refractivity contribution in [2.75, 3.05) is 18.8 Å². The van der Waals surface area contributed by atoms with Gasteiger partial charge in [0, 0.05) is 19.2 Å². The molecular weight excluding hydrogens is 340 g/mol. The molecule has 1 aromatic carbocycles. The number of carbonyl (C=O) groups excluding carboxylic acids is 2. The maximum absolute atomic E-state index is 12.4. The fraction of sp³-hybridized carbons (Fsp3) is 0.444. The third-order valence-corrected chi connectivity index (χ3v) is 5.71. The van der Waals surface area contributed by atoms with Gasteiger partial charge in [-0.05, 0) is 31.4 Å². The van der Waals surface area contributed by atoms with E-state index in [4.69, 9.17) is 0 Å². The Hall–Kier alpha value is -2.15. The highest BCUT2D eigenvalue weighted by atomic mass is 32.2. The molecule has 0 aliphatic carbocycles. The predicted octanol–water partition coefficient (Wildman–Crippen LogP) is 1.79. The molecule has 1 aliphatic rings. The van der Waals surface area contributed by atoms with Crippen molar-refractivity contribution < 1.29 is 18.0 Å². The van der Waals surface area contributed by atoms with Gasteiger partial charge < -0.3 is 4.90 Å². The lowest BCUT2D eigenvalue weighted by Crippen LogP contribution is -2.44. The number of carbonyl (C=O) groups is 2. The smallest absolute Gasteiger partial charge is 0.246 e. The molecule has 1 aromatic rings. The molecule has 136 valence electrons. The van der Waals surface area contributed by atoms with E-state index in [1.54, 1.807) is 24.8 Å². The van der Waals surface area contributed by atoms with Crippen molar-refractivity contribution in [1.82, 2.24) is 9.62 Å². The SMILES string of the molecule is CCCS(=O)(=O)NC(=O)C1(C)CCN(C(=O)/C=C/c2ccccc2)C1. The van der Waals surface area contributed by atoms with Crippen LogP contribution in [-0.4, -0.2) is 44.0 Å². The standard InChI is InChI=1S/C18H24N2O4S/c1-3-13-25(23,24)19-17(22)18(2)11-12-20(14-18)16(21)10-9-15-7-5-4-6-8-15/h4-10H,3,11-14H2,1-2H3,(H,19,22)/b10-9+. The fourth-order valence-corrected chi connectivity index (χ4v) is 3.92. The van der Waals surface area contributed by atoms with E-state index >= 15 is 0 Å². The number of likely N-dealkylation sites (tertiary alicyclic amines) is 1. The average Bonchev–Trinajstić information content (AvgIpc) is 2.97. The van der Waals surface area contributed by atoms with Crippen molar-refractivity contribution >= 4 is 27.9 Å². The number of nitrogens with zero attached hydrogens (tertiary/aromatic N) is 1. The molecule has 1 N–H and O–H groups in total. The third-order valence-electron chi connectivity index (χ3n) is 4.27. The molecule has 1 saturated heterocycles. The van der Waals surface area contributed by atoms with E-state index in [9.17, 15) is 18.0 Å². The minimum Gasteiger partial charge on any atom is -0.338 e. The zero-order valence-electron chi connectivity index (χ0n) is 14.6. The van der Waals surface area contributed by atoms with E-state index in [0.29, 0.717) is 19.4 Å². The molecule has 0 radical (unpaired) electrons. The van der Waals surface area contributed by atoms with Gasteiger partial charge in [0.25, 0.3) is 0 Å². The lowest BCUT2D eigenvalue weighted by Gasteiger charge is -2.23. The number of rotatable bonds is 6. The predicted molar refractivity (Wildman–Crippen MR) is 97.0 cm³/mol. The minimum absolute atomic E-state index is 0.0860. The molecule has 2 rings (SSSR count). The highest BCUT2D eigenvalue weighted by Crippen LogP contribution is 2.30. The van der Waals surface area contributed by atoms with Crippen LogP contribution in [0.25, 0.3) is 6.08 Å². The van der Waals surface area contributed by atoms with Crippen molar-refractivity contribution in [1.29, 1.82) is 0 Å². The first-order valence-electron chi connectivity index (χ1n) is 8.33. The second-order valence-electron chi connectivity index (χ2n) is 6.56. The minimum atomic E-state index is -3.61. The van der Waals surface area contributed by atoms with Gasteiger partial charge in [-0.2, -0.15) is 0 Å². The molecule has 2 amide bonds. The van der Waals surface area contributed by atoms with E-state index in [-0.39, 0.29) is 18.2 Å². The first-order chi connectivity index (χ1) is 11.8. The molecule has 1 fully saturated rings. The van der Waals surface area contributed by atoms with Crippen LogP contribution in [0, 0.1) is 5.41 Å². The van der Waals surface area contributed by atoms with Crippen LogP contribution in [-0.2, 0) is 19.6 Å². The van der Waals surface area contributed by atoms with Gasteiger partial charge >= 0.3 is 0 Å². The highest BCUT2D eigenvalue weighted by molar-refractivity contribution is 7.90. The summed E-state index contributed by atoms with van der Waals surface area (Å²) >= 11 is 0. The molecule has 7 heteroatoms. The second-order valence-corrected chi connectivity index (χ2v) is 8.41. The molecular formula is C18H24N2O4S. The first-order valence-corrected chi connectivity index (χ1v) is 9.98. The Morgan fingerprint density at radius 1 is 1.28 bits per heavy atom. The molecule has 1 aliphatic heterocycles. The Kier molecular flexibility index (Phi) is 6.00. The van der Waals surface area contributed by atoms with E-state index in [1.807, 2.05) is 30.3 Å². The van der Waals surface area contributed by atoms with Crippen molar-refractivity contribution in [3.63, 3.8) is 0 Å². The van der Waals surface area contributed by atoms with Gasteiger partial charge in [-0.25, -0.2) is 8.42 Å². The monoisotopic (exact) mass is 364 g/mol. The Labute approximate surface area is 149 Å². The summed E-state index contributed by atoms with van der Waals surface area (Å²) in [4.78, 5) is 26.2. The van der Waals surface area contributed by atoms with Gasteiger partial charge in [0.05, 0.1) is 11.2 Å². The molecule has 1 unspecified atom stereocenters. The summed E-state index contributed by atoms with van der Waals surface area (Å²) in [6.07, 6.45) is 4.08. The maximum atomic E-state index is 12.4. The quantitative estimate of drug-likeness (QED) is 0.780. The zero-order chi connectivity index (χ0) is 18.5. The van der Waals surface area contributed by atoms with Gasteiger partial charge in [-0.3, -0.25) is 14.3 Å². The lowest BCUT2D eigenvalue weighted by molar-refractivity contribution is -0.129. The summed E-state index contributed by atoms with van der Waals surface area (Å²) in [5.74, 6) is -0.808. The van der Waals surface area contributed by atoms with Crippen molar-refractivity contribution in [2.45, 2.75) is 26.7 Å². The molecule has 0 saturated carbocycles. The Morgan fingerprint density at radius 3 is 2.60 bits per heavy atom. The van der Waals surface area contributed by atoms with Crippen molar-refractivity contribution in [2.24, 2.45) is 5.41 Å². The van der Waals surface area contributed by atoms with Crippen LogP contribution in [0.2, 0.25) is 0 Å². The summed E-state index contributed by atoms with van der Waals surface area (Å²) in [6.45, 7) is 4.06. The van der Waals surface area contributed by atoms with Crippen LogP contribution in [0.3, 0.4) is 0 Å². The van der Waals surface area contributed by atoms with Gasteiger partial charge in [0.2, 0.25) is 21.8 Å². The molecule has 0 spiro atoms. The summed E-state index contributed by atoms with van der Waals surface area (Å²) in [5.41, 5.74) is 0.0260. The Morgan fingerprint density at radius 2 is 1.96 bits per heavy atom.